The summed E-state index contributed by atoms with van der Waals surface area (Å²) in [5.74, 6) is 0. The van der Waals surface area contributed by atoms with Crippen LogP contribution in [0.5, 0.6) is 0 Å². The summed E-state index contributed by atoms with van der Waals surface area (Å²) in [5.41, 5.74) is 0.199. The van der Waals surface area contributed by atoms with E-state index in [1.54, 1.807) is 19.9 Å². The SMILES string of the molecule is [B]c1ccnc([B])c1C(C)(C)O. The molecule has 1 aromatic heterocycles. The van der Waals surface area contributed by atoms with Gasteiger partial charge in [-0.1, -0.05) is 11.5 Å². The van der Waals surface area contributed by atoms with Gasteiger partial charge in [0.15, 0.2) is 0 Å². The number of nitrogens with zero attached hydrogens (tertiary/aromatic N) is 1. The maximum absolute atomic E-state index is 9.65. The van der Waals surface area contributed by atoms with Gasteiger partial charge in [-0.25, -0.2) is 0 Å². The Labute approximate surface area is 74.8 Å². The van der Waals surface area contributed by atoms with Crippen molar-refractivity contribution >= 4 is 26.7 Å². The van der Waals surface area contributed by atoms with E-state index in [0.717, 1.165) is 0 Å². The van der Waals surface area contributed by atoms with Gasteiger partial charge in [-0.05, 0) is 25.0 Å². The van der Waals surface area contributed by atoms with E-state index in [0.29, 0.717) is 11.0 Å². The number of aromatic nitrogens is 1. The molecule has 1 N–H and O–H groups in total. The van der Waals surface area contributed by atoms with Crippen molar-refractivity contribution in [2.45, 2.75) is 19.4 Å². The smallest absolute Gasteiger partial charge is 0.142 e. The quantitative estimate of drug-likeness (QED) is 0.524. The molecule has 0 atom stereocenters. The van der Waals surface area contributed by atoms with Crippen molar-refractivity contribution < 1.29 is 5.11 Å². The molecule has 0 aliphatic carbocycles. The summed E-state index contributed by atoms with van der Waals surface area (Å²) < 4.78 is 0. The Hall–Kier alpha value is -0.760. The average molecular weight is 157 g/mol. The van der Waals surface area contributed by atoms with Crippen molar-refractivity contribution in [3.63, 3.8) is 0 Å². The van der Waals surface area contributed by atoms with E-state index in [1.807, 2.05) is 0 Å². The van der Waals surface area contributed by atoms with E-state index >= 15 is 0 Å². The Balaban J connectivity index is 3.31. The van der Waals surface area contributed by atoms with Crippen molar-refractivity contribution in [3.8, 4) is 0 Å². The lowest BCUT2D eigenvalue weighted by Gasteiger charge is -2.22. The first kappa shape index (κ1) is 9.33. The highest BCUT2D eigenvalue weighted by Crippen LogP contribution is 2.13. The van der Waals surface area contributed by atoms with Gasteiger partial charge in [0, 0.05) is 6.20 Å². The Kier molecular flexibility index (Phi) is 2.29. The van der Waals surface area contributed by atoms with Gasteiger partial charge in [-0.2, -0.15) is 0 Å². The second kappa shape index (κ2) is 2.94. The highest BCUT2D eigenvalue weighted by molar-refractivity contribution is 6.38. The maximum atomic E-state index is 9.65. The van der Waals surface area contributed by atoms with Gasteiger partial charge >= 0.3 is 0 Å². The van der Waals surface area contributed by atoms with Crippen molar-refractivity contribution in [1.29, 1.82) is 0 Å². The molecule has 0 spiro atoms. The van der Waals surface area contributed by atoms with Crippen LogP contribution in [-0.2, 0) is 5.60 Å². The molecule has 0 saturated heterocycles. The fourth-order valence-electron chi connectivity index (χ4n) is 1.16. The van der Waals surface area contributed by atoms with Crippen molar-refractivity contribution in [3.05, 3.63) is 17.8 Å². The Morgan fingerprint density at radius 2 is 2.00 bits per heavy atom. The van der Waals surface area contributed by atoms with E-state index in [-0.39, 0.29) is 5.59 Å². The summed E-state index contributed by atoms with van der Waals surface area (Å²) >= 11 is 0. The van der Waals surface area contributed by atoms with E-state index in [1.165, 1.54) is 6.20 Å². The van der Waals surface area contributed by atoms with E-state index in [9.17, 15) is 5.11 Å². The third kappa shape index (κ3) is 1.69. The van der Waals surface area contributed by atoms with Crippen LogP contribution >= 0.6 is 0 Å². The topological polar surface area (TPSA) is 33.1 Å². The van der Waals surface area contributed by atoms with Crippen LogP contribution in [0.2, 0.25) is 0 Å². The molecule has 0 amide bonds. The second-order valence-corrected chi connectivity index (χ2v) is 3.22. The predicted octanol–water partition coefficient (Wildman–Crippen LogP) is -1.10. The molecule has 0 saturated carbocycles. The van der Waals surface area contributed by atoms with Gasteiger partial charge in [0.05, 0.1) is 5.60 Å². The molecule has 0 unspecified atom stereocenters. The van der Waals surface area contributed by atoms with E-state index in [4.69, 9.17) is 15.7 Å². The molecule has 4 heteroatoms. The molecule has 0 bridgehead atoms. The largest absolute Gasteiger partial charge is 0.386 e. The van der Waals surface area contributed by atoms with Crippen molar-refractivity contribution in [2.24, 2.45) is 0 Å². The number of hydrogen-bond acceptors (Lipinski definition) is 2. The number of pyridine rings is 1. The molecule has 2 nitrogen and oxygen atoms in total. The van der Waals surface area contributed by atoms with Crippen LogP contribution in [0.3, 0.4) is 0 Å². The lowest BCUT2D eigenvalue weighted by molar-refractivity contribution is 0.0805. The molecule has 58 valence electrons. The standard InChI is InChI=1S/C8H9B2NO/c1-8(2,12)6-5(9)3-4-11-7(6)10/h3-4,12H,1-2H3. The molecule has 12 heavy (non-hydrogen) atoms. The van der Waals surface area contributed by atoms with Crippen LogP contribution in [-0.4, -0.2) is 25.8 Å². The van der Waals surface area contributed by atoms with Gasteiger partial charge in [0.1, 0.15) is 15.7 Å². The summed E-state index contributed by atoms with van der Waals surface area (Å²) in [6.45, 7) is 3.24. The van der Waals surface area contributed by atoms with Crippen LogP contribution in [0.25, 0.3) is 0 Å². The van der Waals surface area contributed by atoms with E-state index < -0.39 is 5.60 Å². The van der Waals surface area contributed by atoms with Crippen LogP contribution in [0, 0.1) is 0 Å². The third-order valence-electron chi connectivity index (χ3n) is 1.62. The first-order valence-corrected chi connectivity index (χ1v) is 3.65. The molecule has 0 fully saturated rings. The molecule has 0 aromatic carbocycles. The lowest BCUT2D eigenvalue weighted by Crippen LogP contribution is -2.35. The van der Waals surface area contributed by atoms with Gasteiger partial charge < -0.3 is 5.11 Å². The molecular formula is C8H9B2NO. The number of aliphatic hydroxyl groups is 1. The highest BCUT2D eigenvalue weighted by Gasteiger charge is 2.19. The average Bonchev–Trinajstić information content (AvgIpc) is 1.82. The van der Waals surface area contributed by atoms with Crippen molar-refractivity contribution in [1.82, 2.24) is 4.98 Å². The van der Waals surface area contributed by atoms with Crippen LogP contribution in [0.1, 0.15) is 19.4 Å². The van der Waals surface area contributed by atoms with Crippen molar-refractivity contribution in [2.75, 3.05) is 0 Å². The zero-order chi connectivity index (χ0) is 9.35. The zero-order valence-corrected chi connectivity index (χ0v) is 7.20. The Bertz CT molecular complexity index is 273. The highest BCUT2D eigenvalue weighted by atomic mass is 16.3. The lowest BCUT2D eigenvalue weighted by atomic mass is 9.78. The molecule has 0 aliphatic heterocycles. The molecule has 1 heterocycles. The van der Waals surface area contributed by atoms with E-state index in [2.05, 4.69) is 4.98 Å². The van der Waals surface area contributed by atoms with Crippen LogP contribution in [0.4, 0.5) is 0 Å². The second-order valence-electron chi connectivity index (χ2n) is 3.22. The zero-order valence-electron chi connectivity index (χ0n) is 7.20. The molecule has 0 aliphatic rings. The molecular weight excluding hydrogens is 148 g/mol. The first-order chi connectivity index (χ1) is 5.43. The number of rotatable bonds is 1. The van der Waals surface area contributed by atoms with Crippen LogP contribution in [0.15, 0.2) is 12.3 Å². The molecule has 1 rings (SSSR count). The minimum atomic E-state index is -1.04. The fraction of sp³-hybridized carbons (Fsp3) is 0.375. The van der Waals surface area contributed by atoms with Gasteiger partial charge in [0.25, 0.3) is 0 Å². The predicted molar refractivity (Wildman–Crippen MR) is 50.3 cm³/mol. The fourth-order valence-corrected chi connectivity index (χ4v) is 1.16. The van der Waals surface area contributed by atoms with Gasteiger partial charge in [-0.3, -0.25) is 4.98 Å². The molecule has 1 aromatic rings. The summed E-state index contributed by atoms with van der Waals surface area (Å²) in [4.78, 5) is 3.84. The Morgan fingerprint density at radius 3 is 2.33 bits per heavy atom. The summed E-state index contributed by atoms with van der Waals surface area (Å²) in [6.07, 6.45) is 1.51. The Morgan fingerprint density at radius 1 is 1.42 bits per heavy atom. The number of hydrogen-bond donors (Lipinski definition) is 1. The maximum Gasteiger partial charge on any atom is 0.142 e. The van der Waals surface area contributed by atoms with Gasteiger partial charge in [-0.15, -0.1) is 0 Å². The minimum absolute atomic E-state index is 0.280. The summed E-state index contributed by atoms with van der Waals surface area (Å²) in [7, 11) is 11.2. The van der Waals surface area contributed by atoms with Gasteiger partial charge in [0.2, 0.25) is 0 Å². The summed E-state index contributed by atoms with van der Waals surface area (Å²) in [6, 6.07) is 1.61. The molecule has 4 radical (unpaired) electrons. The van der Waals surface area contributed by atoms with Crippen LogP contribution < -0.4 is 11.1 Å². The third-order valence-corrected chi connectivity index (χ3v) is 1.62. The minimum Gasteiger partial charge on any atom is -0.386 e. The monoisotopic (exact) mass is 157 g/mol. The first-order valence-electron chi connectivity index (χ1n) is 3.65. The normalized spacial score (nSPS) is 11.6. The summed E-state index contributed by atoms with van der Waals surface area (Å²) in [5, 5.41) is 9.65.